The number of amides is 2. The van der Waals surface area contributed by atoms with Crippen molar-refractivity contribution in [1.29, 1.82) is 0 Å². The van der Waals surface area contributed by atoms with Gasteiger partial charge in [-0.15, -0.1) is 0 Å². The third kappa shape index (κ3) is 6.25. The number of carbonyl (C=O) groups is 2. The third-order valence-corrected chi connectivity index (χ3v) is 5.82. The van der Waals surface area contributed by atoms with Crippen LogP contribution in [0, 0.1) is 0 Å². The van der Waals surface area contributed by atoms with Crippen molar-refractivity contribution in [2.24, 2.45) is 0 Å². The first-order valence-corrected chi connectivity index (χ1v) is 11.5. The van der Waals surface area contributed by atoms with Crippen molar-refractivity contribution in [2.45, 2.75) is 65.1 Å². The van der Waals surface area contributed by atoms with Gasteiger partial charge in [0.1, 0.15) is 19.3 Å². The van der Waals surface area contributed by atoms with Crippen LogP contribution in [0.4, 0.5) is 0 Å². The van der Waals surface area contributed by atoms with Crippen LogP contribution < -0.4 is 14.8 Å². The minimum absolute atomic E-state index is 0.0325. The van der Waals surface area contributed by atoms with Crippen LogP contribution in [0.3, 0.4) is 0 Å². The Morgan fingerprint density at radius 2 is 1.69 bits per heavy atom. The number of nitrogens with one attached hydrogen (secondary N) is 1. The summed E-state index contributed by atoms with van der Waals surface area (Å²) in [5.41, 5.74) is 2.02. The smallest absolute Gasteiger partial charge is 0.243 e. The largest absolute Gasteiger partial charge is 0.486 e. The Balaban J connectivity index is 1.74. The Labute approximate surface area is 190 Å². The zero-order chi connectivity index (χ0) is 22.9. The number of hydrogen-bond acceptors (Lipinski definition) is 4. The fourth-order valence-corrected chi connectivity index (χ4v) is 3.78. The second-order valence-electron chi connectivity index (χ2n) is 8.23. The average molecular weight is 439 g/mol. The maximum absolute atomic E-state index is 13.4. The van der Waals surface area contributed by atoms with E-state index < -0.39 is 6.04 Å². The quantitative estimate of drug-likeness (QED) is 0.606. The monoisotopic (exact) mass is 438 g/mol. The molecule has 3 rings (SSSR count). The molecule has 2 aromatic rings. The SMILES string of the molecule is CC[C@H](C(=O)N[C@@H](C)CC)N(Cc1ccccc1)C(=O)CCc1ccc2c(c1)OCCO2. The van der Waals surface area contributed by atoms with Crippen molar-refractivity contribution in [1.82, 2.24) is 10.2 Å². The fraction of sp³-hybridized carbons (Fsp3) is 0.462. The number of rotatable bonds is 10. The van der Waals surface area contributed by atoms with Crippen LogP contribution in [-0.4, -0.2) is 42.0 Å². The van der Waals surface area contributed by atoms with Crippen LogP contribution in [0.5, 0.6) is 11.5 Å². The van der Waals surface area contributed by atoms with Crippen molar-refractivity contribution < 1.29 is 19.1 Å². The summed E-state index contributed by atoms with van der Waals surface area (Å²) in [5.74, 6) is 1.34. The van der Waals surface area contributed by atoms with Gasteiger partial charge in [0.25, 0.3) is 0 Å². The van der Waals surface area contributed by atoms with Gasteiger partial charge in [-0.3, -0.25) is 9.59 Å². The minimum Gasteiger partial charge on any atom is -0.486 e. The molecule has 2 aromatic carbocycles. The van der Waals surface area contributed by atoms with Crippen molar-refractivity contribution in [3.05, 3.63) is 59.7 Å². The van der Waals surface area contributed by atoms with Crippen molar-refractivity contribution in [3.8, 4) is 11.5 Å². The van der Waals surface area contributed by atoms with E-state index in [1.54, 1.807) is 4.90 Å². The lowest BCUT2D eigenvalue weighted by molar-refractivity contribution is -0.141. The number of aryl methyl sites for hydroxylation is 1. The van der Waals surface area contributed by atoms with E-state index in [9.17, 15) is 9.59 Å². The zero-order valence-electron chi connectivity index (χ0n) is 19.3. The lowest BCUT2D eigenvalue weighted by atomic mass is 10.1. The first-order chi connectivity index (χ1) is 15.5. The molecule has 172 valence electrons. The maximum Gasteiger partial charge on any atom is 0.243 e. The summed E-state index contributed by atoms with van der Waals surface area (Å²) in [7, 11) is 0. The summed E-state index contributed by atoms with van der Waals surface area (Å²) >= 11 is 0. The predicted molar refractivity (Wildman–Crippen MR) is 125 cm³/mol. The molecule has 0 aromatic heterocycles. The number of ether oxygens (including phenoxy) is 2. The summed E-state index contributed by atoms with van der Waals surface area (Å²) in [6.07, 6.45) is 2.30. The molecule has 0 saturated heterocycles. The fourth-order valence-electron chi connectivity index (χ4n) is 3.78. The van der Waals surface area contributed by atoms with Gasteiger partial charge in [-0.25, -0.2) is 0 Å². The van der Waals surface area contributed by atoms with E-state index >= 15 is 0 Å². The van der Waals surface area contributed by atoms with Gasteiger partial charge in [0.15, 0.2) is 11.5 Å². The molecule has 0 spiro atoms. The lowest BCUT2D eigenvalue weighted by Crippen LogP contribution is -2.50. The molecule has 0 unspecified atom stereocenters. The molecule has 1 heterocycles. The molecule has 0 bridgehead atoms. The first kappa shape index (κ1) is 23.6. The van der Waals surface area contributed by atoms with Crippen LogP contribution in [0.2, 0.25) is 0 Å². The molecule has 32 heavy (non-hydrogen) atoms. The molecule has 0 radical (unpaired) electrons. The van der Waals surface area contributed by atoms with Crippen molar-refractivity contribution in [3.63, 3.8) is 0 Å². The van der Waals surface area contributed by atoms with Crippen LogP contribution in [0.25, 0.3) is 0 Å². The molecule has 6 nitrogen and oxygen atoms in total. The van der Waals surface area contributed by atoms with Gasteiger partial charge < -0.3 is 19.7 Å². The van der Waals surface area contributed by atoms with Crippen LogP contribution >= 0.6 is 0 Å². The van der Waals surface area contributed by atoms with Crippen molar-refractivity contribution in [2.75, 3.05) is 13.2 Å². The van der Waals surface area contributed by atoms with E-state index in [0.717, 1.165) is 29.0 Å². The molecule has 1 aliphatic heterocycles. The zero-order valence-corrected chi connectivity index (χ0v) is 19.3. The number of hydrogen-bond donors (Lipinski definition) is 1. The summed E-state index contributed by atoms with van der Waals surface area (Å²) in [5, 5.41) is 3.05. The van der Waals surface area contributed by atoms with Crippen LogP contribution in [0.15, 0.2) is 48.5 Å². The Kier molecular flexibility index (Phi) is 8.54. The van der Waals surface area contributed by atoms with Gasteiger partial charge in [0.05, 0.1) is 0 Å². The van der Waals surface area contributed by atoms with Gasteiger partial charge in [0.2, 0.25) is 11.8 Å². The molecule has 1 aliphatic rings. The predicted octanol–water partition coefficient (Wildman–Crippen LogP) is 4.11. The maximum atomic E-state index is 13.4. The molecule has 0 fully saturated rings. The summed E-state index contributed by atoms with van der Waals surface area (Å²) in [6, 6.07) is 15.2. The standard InChI is InChI=1S/C26H34N2O4/c1-4-19(3)27-26(30)22(5-2)28(18-21-9-7-6-8-10-21)25(29)14-12-20-11-13-23-24(17-20)32-16-15-31-23/h6-11,13,17,19,22H,4-5,12,14-16,18H2,1-3H3,(H,27,30)/t19-,22+/m0/s1. The van der Waals surface area contributed by atoms with E-state index in [4.69, 9.17) is 9.47 Å². The van der Waals surface area contributed by atoms with E-state index in [2.05, 4.69) is 5.32 Å². The van der Waals surface area contributed by atoms with Crippen LogP contribution in [0.1, 0.15) is 51.2 Å². The Hall–Kier alpha value is -3.02. The molecule has 0 saturated carbocycles. The highest BCUT2D eigenvalue weighted by Crippen LogP contribution is 2.31. The third-order valence-electron chi connectivity index (χ3n) is 5.82. The Morgan fingerprint density at radius 1 is 0.969 bits per heavy atom. The first-order valence-electron chi connectivity index (χ1n) is 11.5. The van der Waals surface area contributed by atoms with Gasteiger partial charge in [-0.05, 0) is 49.4 Å². The van der Waals surface area contributed by atoms with Crippen LogP contribution in [-0.2, 0) is 22.6 Å². The Morgan fingerprint density at radius 3 is 2.38 bits per heavy atom. The lowest BCUT2D eigenvalue weighted by Gasteiger charge is -2.31. The molecule has 2 amide bonds. The van der Waals surface area contributed by atoms with Crippen molar-refractivity contribution >= 4 is 11.8 Å². The average Bonchev–Trinajstić information content (AvgIpc) is 2.82. The molecule has 2 atom stereocenters. The molecular weight excluding hydrogens is 404 g/mol. The van der Waals surface area contributed by atoms with E-state index in [0.29, 0.717) is 39.0 Å². The normalized spacial score (nSPS) is 14.3. The highest BCUT2D eigenvalue weighted by molar-refractivity contribution is 5.88. The number of carbonyl (C=O) groups excluding carboxylic acids is 2. The van der Waals surface area contributed by atoms with E-state index in [-0.39, 0.29) is 17.9 Å². The summed E-state index contributed by atoms with van der Waals surface area (Å²) < 4.78 is 11.2. The molecule has 1 N–H and O–H groups in total. The second kappa shape index (κ2) is 11.6. The van der Waals surface area contributed by atoms with Gasteiger partial charge in [-0.1, -0.05) is 50.2 Å². The Bertz CT molecular complexity index is 900. The van der Waals surface area contributed by atoms with E-state index in [1.165, 1.54) is 0 Å². The van der Waals surface area contributed by atoms with Gasteiger partial charge >= 0.3 is 0 Å². The molecular formula is C26H34N2O4. The molecule has 6 heteroatoms. The number of nitrogens with zero attached hydrogens (tertiary/aromatic N) is 1. The highest BCUT2D eigenvalue weighted by atomic mass is 16.6. The van der Waals surface area contributed by atoms with E-state index in [1.807, 2.05) is 69.3 Å². The van der Waals surface area contributed by atoms with Gasteiger partial charge in [-0.2, -0.15) is 0 Å². The summed E-state index contributed by atoms with van der Waals surface area (Å²) in [4.78, 5) is 28.1. The second-order valence-corrected chi connectivity index (χ2v) is 8.23. The highest BCUT2D eigenvalue weighted by Gasteiger charge is 2.29. The minimum atomic E-state index is -0.503. The molecule has 0 aliphatic carbocycles. The topological polar surface area (TPSA) is 67.9 Å². The number of benzene rings is 2. The summed E-state index contributed by atoms with van der Waals surface area (Å²) in [6.45, 7) is 7.46. The number of fused-ring (bicyclic) bond motifs is 1. The van der Waals surface area contributed by atoms with Gasteiger partial charge in [0, 0.05) is 19.0 Å².